The Kier molecular flexibility index (Phi) is 6.06. The maximum Gasteiger partial charge on any atom is 0.309 e. The summed E-state index contributed by atoms with van der Waals surface area (Å²) in [6.45, 7) is 3.26. The molecule has 0 bridgehead atoms. The zero-order valence-corrected chi connectivity index (χ0v) is 12.2. The summed E-state index contributed by atoms with van der Waals surface area (Å²) in [6, 6.07) is 10.1. The fourth-order valence-corrected chi connectivity index (χ4v) is 2.58. The number of unbranched alkanes of at least 4 members (excludes halogenated alkanes) is 2. The first kappa shape index (κ1) is 15.0. The lowest BCUT2D eigenvalue weighted by Gasteiger charge is -2.09. The van der Waals surface area contributed by atoms with Crippen molar-refractivity contribution in [3.8, 4) is 0 Å². The van der Waals surface area contributed by atoms with E-state index < -0.39 is 0 Å². The highest BCUT2D eigenvalue weighted by Crippen LogP contribution is 2.26. The van der Waals surface area contributed by atoms with Crippen LogP contribution in [0.3, 0.4) is 0 Å². The van der Waals surface area contributed by atoms with Crippen molar-refractivity contribution in [2.75, 3.05) is 6.61 Å². The number of ether oxygens (including phenoxy) is 2. The number of carbonyl (C=O) groups excluding carboxylic acids is 1. The minimum absolute atomic E-state index is 0.0329. The van der Waals surface area contributed by atoms with E-state index in [9.17, 15) is 4.79 Å². The first-order valence-corrected chi connectivity index (χ1v) is 7.61. The van der Waals surface area contributed by atoms with Gasteiger partial charge in [-0.05, 0) is 18.4 Å². The van der Waals surface area contributed by atoms with Gasteiger partial charge in [0, 0.05) is 0 Å². The first-order valence-electron chi connectivity index (χ1n) is 7.61. The fourth-order valence-electron chi connectivity index (χ4n) is 2.58. The summed E-state index contributed by atoms with van der Waals surface area (Å²) in [5, 5.41) is 0. The first-order chi connectivity index (χ1) is 9.79. The van der Waals surface area contributed by atoms with Crippen molar-refractivity contribution in [1.29, 1.82) is 0 Å². The fraction of sp³-hybridized carbons (Fsp3) is 0.588. The number of carbonyl (C=O) groups is 1. The van der Waals surface area contributed by atoms with E-state index >= 15 is 0 Å². The van der Waals surface area contributed by atoms with Gasteiger partial charge in [0.25, 0.3) is 0 Å². The molecule has 1 aromatic carbocycles. The Balaban J connectivity index is 1.66. The van der Waals surface area contributed by atoms with E-state index in [-0.39, 0.29) is 18.0 Å². The molecule has 0 radical (unpaired) electrons. The van der Waals surface area contributed by atoms with Gasteiger partial charge in [-0.2, -0.15) is 0 Å². The third-order valence-corrected chi connectivity index (χ3v) is 3.73. The second-order valence-electron chi connectivity index (χ2n) is 5.49. The van der Waals surface area contributed by atoms with Crippen molar-refractivity contribution >= 4 is 5.97 Å². The van der Waals surface area contributed by atoms with Crippen LogP contribution in [0.4, 0.5) is 0 Å². The van der Waals surface area contributed by atoms with Gasteiger partial charge in [-0.15, -0.1) is 0 Å². The lowest BCUT2D eigenvalue weighted by Crippen LogP contribution is -2.14. The standard InChI is InChI=1S/C17H24O3/c1-2-3-5-10-15-11-16(20-17(15)18)13-19-12-14-8-6-4-7-9-14/h4,6-9,15-16H,2-3,5,10-13H2,1H3/t15-,16+/m0/s1. The van der Waals surface area contributed by atoms with Crippen LogP contribution in [0, 0.1) is 5.92 Å². The summed E-state index contributed by atoms with van der Waals surface area (Å²) in [7, 11) is 0. The van der Waals surface area contributed by atoms with Crippen LogP contribution in [0.15, 0.2) is 30.3 Å². The smallest absolute Gasteiger partial charge is 0.309 e. The quantitative estimate of drug-likeness (QED) is 0.536. The zero-order chi connectivity index (χ0) is 14.2. The maximum atomic E-state index is 11.7. The highest BCUT2D eigenvalue weighted by atomic mass is 16.6. The molecule has 0 saturated carbocycles. The molecule has 1 heterocycles. The molecule has 0 aliphatic carbocycles. The molecule has 1 aliphatic rings. The van der Waals surface area contributed by atoms with Crippen LogP contribution in [0.2, 0.25) is 0 Å². The second-order valence-corrected chi connectivity index (χ2v) is 5.49. The number of hydrogen-bond acceptors (Lipinski definition) is 3. The lowest BCUT2D eigenvalue weighted by molar-refractivity contribution is -0.146. The van der Waals surface area contributed by atoms with E-state index in [0.717, 1.165) is 24.8 Å². The molecule has 0 spiro atoms. The molecule has 0 aromatic heterocycles. The van der Waals surface area contributed by atoms with Crippen LogP contribution in [-0.4, -0.2) is 18.7 Å². The summed E-state index contributed by atoms with van der Waals surface area (Å²) in [4.78, 5) is 11.7. The van der Waals surface area contributed by atoms with E-state index in [1.165, 1.54) is 12.8 Å². The van der Waals surface area contributed by atoms with Crippen molar-refractivity contribution in [1.82, 2.24) is 0 Å². The average Bonchev–Trinajstić information content (AvgIpc) is 2.81. The predicted molar refractivity (Wildman–Crippen MR) is 78.2 cm³/mol. The van der Waals surface area contributed by atoms with Crippen LogP contribution in [-0.2, 0) is 20.9 Å². The third-order valence-electron chi connectivity index (χ3n) is 3.73. The number of hydrogen-bond donors (Lipinski definition) is 0. The lowest BCUT2D eigenvalue weighted by atomic mass is 9.98. The van der Waals surface area contributed by atoms with E-state index in [1.54, 1.807) is 0 Å². The largest absolute Gasteiger partial charge is 0.460 e. The van der Waals surface area contributed by atoms with Crippen LogP contribution in [0.25, 0.3) is 0 Å². The molecule has 3 heteroatoms. The molecule has 0 unspecified atom stereocenters. The highest BCUT2D eigenvalue weighted by molar-refractivity contribution is 5.74. The Labute approximate surface area is 121 Å². The number of rotatable bonds is 8. The van der Waals surface area contributed by atoms with Crippen LogP contribution in [0.5, 0.6) is 0 Å². The third kappa shape index (κ3) is 4.64. The molecule has 2 rings (SSSR count). The van der Waals surface area contributed by atoms with Gasteiger partial charge in [0.15, 0.2) is 0 Å². The molecular weight excluding hydrogens is 252 g/mol. The van der Waals surface area contributed by atoms with Crippen molar-refractivity contribution in [2.24, 2.45) is 5.92 Å². The molecule has 1 aliphatic heterocycles. The van der Waals surface area contributed by atoms with Gasteiger partial charge in [-0.3, -0.25) is 4.79 Å². The minimum Gasteiger partial charge on any atom is -0.460 e. The Morgan fingerprint density at radius 1 is 1.25 bits per heavy atom. The molecule has 20 heavy (non-hydrogen) atoms. The van der Waals surface area contributed by atoms with Crippen molar-refractivity contribution in [3.05, 3.63) is 35.9 Å². The summed E-state index contributed by atoms with van der Waals surface area (Å²) in [5.74, 6) is 0.0567. The van der Waals surface area contributed by atoms with Crippen molar-refractivity contribution in [2.45, 2.75) is 51.7 Å². The molecule has 3 nitrogen and oxygen atoms in total. The van der Waals surface area contributed by atoms with E-state index in [1.807, 2.05) is 30.3 Å². The van der Waals surface area contributed by atoms with Gasteiger partial charge in [0.05, 0.1) is 19.1 Å². The Bertz CT molecular complexity index is 402. The van der Waals surface area contributed by atoms with Gasteiger partial charge in [0.1, 0.15) is 6.10 Å². The van der Waals surface area contributed by atoms with Crippen LogP contribution < -0.4 is 0 Å². The van der Waals surface area contributed by atoms with Gasteiger partial charge in [-0.25, -0.2) is 0 Å². The molecule has 0 N–H and O–H groups in total. The predicted octanol–water partition coefficient (Wildman–Crippen LogP) is 3.72. The second kappa shape index (κ2) is 8.05. The van der Waals surface area contributed by atoms with E-state index in [4.69, 9.17) is 9.47 Å². The van der Waals surface area contributed by atoms with Gasteiger partial charge < -0.3 is 9.47 Å². The summed E-state index contributed by atoms with van der Waals surface area (Å²) in [5.41, 5.74) is 1.15. The van der Waals surface area contributed by atoms with Gasteiger partial charge in [-0.1, -0.05) is 56.5 Å². The van der Waals surface area contributed by atoms with Gasteiger partial charge in [0.2, 0.25) is 0 Å². The van der Waals surface area contributed by atoms with Crippen molar-refractivity contribution in [3.63, 3.8) is 0 Å². The zero-order valence-electron chi connectivity index (χ0n) is 12.2. The molecule has 1 saturated heterocycles. The number of cyclic esters (lactones) is 1. The maximum absolute atomic E-state index is 11.7. The normalized spacial score (nSPS) is 21.9. The average molecular weight is 276 g/mol. The molecule has 2 atom stereocenters. The SMILES string of the molecule is CCCCC[C@H]1C[C@H](COCc2ccccc2)OC1=O. The Morgan fingerprint density at radius 2 is 2.05 bits per heavy atom. The molecule has 1 fully saturated rings. The minimum atomic E-state index is -0.0576. The van der Waals surface area contributed by atoms with Crippen molar-refractivity contribution < 1.29 is 14.3 Å². The van der Waals surface area contributed by atoms with E-state index in [0.29, 0.717) is 13.2 Å². The van der Waals surface area contributed by atoms with Crippen LogP contribution in [0.1, 0.15) is 44.6 Å². The van der Waals surface area contributed by atoms with Gasteiger partial charge >= 0.3 is 5.97 Å². The van der Waals surface area contributed by atoms with E-state index in [2.05, 4.69) is 6.92 Å². The summed E-state index contributed by atoms with van der Waals surface area (Å²) >= 11 is 0. The summed E-state index contributed by atoms with van der Waals surface area (Å²) in [6.07, 6.45) is 5.22. The number of esters is 1. The number of benzene rings is 1. The molecule has 1 aromatic rings. The topological polar surface area (TPSA) is 35.5 Å². The molecular formula is C17H24O3. The molecule has 0 amide bonds. The summed E-state index contributed by atoms with van der Waals surface area (Å²) < 4.78 is 11.0. The monoisotopic (exact) mass is 276 g/mol. The van der Waals surface area contributed by atoms with Crippen LogP contribution >= 0.6 is 0 Å². The molecule has 110 valence electrons. The Hall–Kier alpha value is -1.35. The highest BCUT2D eigenvalue weighted by Gasteiger charge is 2.33. The Morgan fingerprint density at radius 3 is 2.80 bits per heavy atom.